The van der Waals surface area contributed by atoms with E-state index in [-0.39, 0.29) is 42.0 Å². The highest BCUT2D eigenvalue weighted by Crippen LogP contribution is 2.35. The van der Waals surface area contributed by atoms with Gasteiger partial charge in [0.25, 0.3) is 6.01 Å². The van der Waals surface area contributed by atoms with Crippen molar-refractivity contribution in [1.82, 2.24) is 9.71 Å². The third-order valence-corrected chi connectivity index (χ3v) is 7.35. The minimum absolute atomic E-state index is 0.0266. The van der Waals surface area contributed by atoms with Crippen LogP contribution in [0.25, 0.3) is 22.1 Å². The second-order valence-electron chi connectivity index (χ2n) is 9.77. The molecule has 39 heavy (non-hydrogen) atoms. The molecule has 0 spiro atoms. The van der Waals surface area contributed by atoms with E-state index in [1.165, 1.54) is 25.4 Å². The summed E-state index contributed by atoms with van der Waals surface area (Å²) in [6, 6.07) is 9.90. The number of nitrogens with one attached hydrogen (secondary N) is 1. The Morgan fingerprint density at radius 2 is 1.92 bits per heavy atom. The van der Waals surface area contributed by atoms with E-state index in [9.17, 15) is 18.8 Å². The fourth-order valence-corrected chi connectivity index (χ4v) is 4.60. The van der Waals surface area contributed by atoms with Gasteiger partial charge in [-0.2, -0.15) is 4.39 Å². The molecule has 8 nitrogen and oxygen atoms in total. The quantitative estimate of drug-likeness (QED) is 0.244. The molecule has 2 aromatic heterocycles. The minimum Gasteiger partial charge on any atom is -0.598 e. The standard InChI is InChI=1S/C28H28F2N2O6S/c1-28(2,3)39(35)32-14-22-26(30)20(7-8-31-22)21-10-16(9-18-11-24(29)38-27(18)21)15-37-23-13-19(36-4)6-5-17(23)12-25(33)34/h5-11,13,32H,12,14-15H2,1-4H3,(H,33,34)/t39-/m0/s1. The van der Waals surface area contributed by atoms with E-state index in [1.54, 1.807) is 51.1 Å². The Bertz CT molecular complexity index is 1500. The lowest BCUT2D eigenvalue weighted by molar-refractivity contribution is -0.136. The van der Waals surface area contributed by atoms with Crippen LogP contribution < -0.4 is 14.2 Å². The van der Waals surface area contributed by atoms with E-state index in [0.29, 0.717) is 28.0 Å². The van der Waals surface area contributed by atoms with Crippen LogP contribution >= 0.6 is 0 Å². The van der Waals surface area contributed by atoms with Crippen LogP contribution in [0.3, 0.4) is 0 Å². The smallest absolute Gasteiger partial charge is 0.307 e. The van der Waals surface area contributed by atoms with Crippen molar-refractivity contribution in [3.8, 4) is 22.6 Å². The number of hydrogen-bond acceptors (Lipinski definition) is 7. The number of furan rings is 1. The lowest BCUT2D eigenvalue weighted by atomic mass is 10.00. The van der Waals surface area contributed by atoms with Crippen molar-refractivity contribution in [3.05, 3.63) is 77.3 Å². The molecule has 0 aliphatic rings. The number of pyridine rings is 1. The minimum atomic E-state index is -1.44. The lowest BCUT2D eigenvalue weighted by Crippen LogP contribution is -2.39. The Balaban J connectivity index is 1.68. The number of carbonyl (C=O) groups is 1. The number of aromatic nitrogens is 1. The summed E-state index contributed by atoms with van der Waals surface area (Å²) in [5, 5.41) is 9.64. The summed E-state index contributed by atoms with van der Waals surface area (Å²) in [6.07, 6.45) is 1.16. The second kappa shape index (κ2) is 11.6. The predicted octanol–water partition coefficient (Wildman–Crippen LogP) is 5.54. The fraction of sp³-hybridized carbons (Fsp3) is 0.286. The topological polar surface area (TPSA) is 117 Å². The maximum absolute atomic E-state index is 15.6. The number of methoxy groups -OCH3 is 1. The van der Waals surface area contributed by atoms with Crippen molar-refractivity contribution in [2.24, 2.45) is 0 Å². The number of hydrogen-bond donors (Lipinski definition) is 2. The number of carboxylic acids is 1. The molecule has 1 atom stereocenters. The molecular formula is C28H28F2N2O6S. The molecule has 206 valence electrons. The van der Waals surface area contributed by atoms with E-state index in [0.717, 1.165) is 0 Å². The van der Waals surface area contributed by atoms with Gasteiger partial charge in [0, 0.05) is 51.8 Å². The molecule has 2 aromatic carbocycles. The number of halogens is 2. The zero-order valence-corrected chi connectivity index (χ0v) is 22.7. The van der Waals surface area contributed by atoms with E-state index >= 15 is 4.39 Å². The summed E-state index contributed by atoms with van der Waals surface area (Å²) in [6.45, 7) is 5.28. The average molecular weight is 559 g/mol. The summed E-state index contributed by atoms with van der Waals surface area (Å²) < 4.78 is 60.8. The molecule has 0 fully saturated rings. The van der Waals surface area contributed by atoms with Crippen LogP contribution in [0.2, 0.25) is 0 Å². The van der Waals surface area contributed by atoms with Gasteiger partial charge in [0.15, 0.2) is 5.82 Å². The van der Waals surface area contributed by atoms with Crippen molar-refractivity contribution in [1.29, 1.82) is 0 Å². The first-order valence-corrected chi connectivity index (χ1v) is 13.1. The third kappa shape index (κ3) is 6.67. The Morgan fingerprint density at radius 3 is 2.62 bits per heavy atom. The number of fused-ring (bicyclic) bond motifs is 1. The number of rotatable bonds is 10. The zero-order valence-electron chi connectivity index (χ0n) is 21.8. The number of nitrogens with zero attached hydrogens (tertiary/aromatic N) is 1. The maximum atomic E-state index is 15.6. The number of benzene rings is 2. The molecule has 2 heterocycles. The molecule has 0 aliphatic heterocycles. The summed E-state index contributed by atoms with van der Waals surface area (Å²) in [5.41, 5.74) is 1.60. The van der Waals surface area contributed by atoms with Crippen LogP contribution in [0.5, 0.6) is 11.5 Å². The Kier molecular flexibility index (Phi) is 8.43. The Morgan fingerprint density at radius 1 is 1.15 bits per heavy atom. The van der Waals surface area contributed by atoms with E-state index < -0.39 is 33.9 Å². The zero-order chi connectivity index (χ0) is 28.3. The van der Waals surface area contributed by atoms with Crippen LogP contribution in [0.1, 0.15) is 37.6 Å². The molecule has 0 aliphatic carbocycles. The highest BCUT2D eigenvalue weighted by atomic mass is 32.2. The van der Waals surface area contributed by atoms with Crippen molar-refractivity contribution in [3.63, 3.8) is 0 Å². The SMILES string of the molecule is COc1ccc(CC(=O)O)c(OCc2cc(-c3ccnc(CN[S@@+]([O-])C(C)(C)C)c3F)c3oc(F)cc3c2)c1. The lowest BCUT2D eigenvalue weighted by Gasteiger charge is -2.23. The van der Waals surface area contributed by atoms with Crippen molar-refractivity contribution in [2.45, 2.75) is 45.1 Å². The van der Waals surface area contributed by atoms with Gasteiger partial charge in [-0.05, 0) is 50.6 Å². The first kappa shape index (κ1) is 28.3. The molecule has 0 saturated carbocycles. The average Bonchev–Trinajstić information content (AvgIpc) is 3.26. The molecule has 0 unspecified atom stereocenters. The van der Waals surface area contributed by atoms with Gasteiger partial charge in [0.2, 0.25) is 0 Å². The monoisotopic (exact) mass is 558 g/mol. The van der Waals surface area contributed by atoms with Crippen LogP contribution in [0.4, 0.5) is 8.78 Å². The van der Waals surface area contributed by atoms with Gasteiger partial charge in [-0.3, -0.25) is 9.78 Å². The molecule has 0 saturated heterocycles. The first-order valence-electron chi connectivity index (χ1n) is 12.0. The van der Waals surface area contributed by atoms with E-state index in [1.807, 2.05) is 0 Å². The summed E-state index contributed by atoms with van der Waals surface area (Å²) in [4.78, 5) is 15.4. The summed E-state index contributed by atoms with van der Waals surface area (Å²) in [7, 11) is 1.48. The van der Waals surface area contributed by atoms with E-state index in [4.69, 9.17) is 13.9 Å². The largest absolute Gasteiger partial charge is 0.598 e. The van der Waals surface area contributed by atoms with Gasteiger partial charge < -0.3 is 23.6 Å². The van der Waals surface area contributed by atoms with Gasteiger partial charge in [-0.1, -0.05) is 6.07 Å². The molecule has 2 N–H and O–H groups in total. The van der Waals surface area contributed by atoms with Crippen LogP contribution in [0, 0.1) is 11.8 Å². The molecule has 0 amide bonds. The van der Waals surface area contributed by atoms with E-state index in [2.05, 4.69) is 9.71 Å². The Hall–Kier alpha value is -3.67. The van der Waals surface area contributed by atoms with Crippen molar-refractivity contribution in [2.75, 3.05) is 7.11 Å². The van der Waals surface area contributed by atoms with Gasteiger partial charge >= 0.3 is 5.97 Å². The van der Waals surface area contributed by atoms with Crippen molar-refractivity contribution >= 4 is 28.3 Å². The second-order valence-corrected chi connectivity index (χ2v) is 11.8. The van der Waals surface area contributed by atoms with Gasteiger partial charge in [-0.25, -0.2) is 4.39 Å². The third-order valence-electron chi connectivity index (χ3n) is 5.83. The number of ether oxygens (including phenoxy) is 2. The normalized spacial score (nSPS) is 12.5. The molecular weight excluding hydrogens is 530 g/mol. The van der Waals surface area contributed by atoms with Crippen LogP contribution in [-0.2, 0) is 35.7 Å². The Labute approximate surface area is 227 Å². The fourth-order valence-electron chi connectivity index (χ4n) is 3.90. The number of aliphatic carboxylic acids is 1. The molecule has 4 rings (SSSR count). The van der Waals surface area contributed by atoms with Crippen LogP contribution in [0.15, 0.2) is 53.1 Å². The molecule has 11 heteroatoms. The van der Waals surface area contributed by atoms with Gasteiger partial charge in [-0.15, -0.1) is 4.72 Å². The number of carboxylic acid groups (broad SMARTS) is 1. The van der Waals surface area contributed by atoms with Crippen LogP contribution in [-0.4, -0.2) is 32.5 Å². The highest BCUT2D eigenvalue weighted by Gasteiger charge is 2.27. The molecule has 0 radical (unpaired) electrons. The molecule has 0 bridgehead atoms. The molecule has 4 aromatic rings. The first-order chi connectivity index (χ1) is 18.5. The summed E-state index contributed by atoms with van der Waals surface area (Å²) in [5.74, 6) is -0.886. The maximum Gasteiger partial charge on any atom is 0.307 e. The summed E-state index contributed by atoms with van der Waals surface area (Å²) >= 11 is -1.44. The van der Waals surface area contributed by atoms with Crippen molar-refractivity contribution < 1.29 is 37.1 Å². The predicted molar refractivity (Wildman–Crippen MR) is 143 cm³/mol. The van der Waals surface area contributed by atoms with Gasteiger partial charge in [0.1, 0.15) is 28.4 Å². The highest BCUT2D eigenvalue weighted by molar-refractivity contribution is 7.90. The van der Waals surface area contributed by atoms with Gasteiger partial charge in [0.05, 0.1) is 25.8 Å².